The normalized spacial score (nSPS) is 14.5. The summed E-state index contributed by atoms with van der Waals surface area (Å²) in [5, 5.41) is 8.13. The molecule has 3 heterocycles. The molecule has 8 heteroatoms. The van der Waals surface area contributed by atoms with Gasteiger partial charge in [-0.2, -0.15) is 4.98 Å². The molecule has 0 atom stereocenters. The number of anilines is 2. The van der Waals surface area contributed by atoms with Gasteiger partial charge < -0.3 is 4.90 Å². The maximum Gasteiger partial charge on any atom is 0.257 e. The van der Waals surface area contributed by atoms with Gasteiger partial charge in [0.2, 0.25) is 0 Å². The molecule has 0 aliphatic heterocycles. The SMILES string of the molecule is CCN(c1cc(F)cc(C#CC2(C)CC2)c1)c1nc2nncn2c2cncc(F)c12. The highest BCUT2D eigenvalue weighted by molar-refractivity contribution is 5.93. The molecule has 4 aromatic rings. The van der Waals surface area contributed by atoms with Gasteiger partial charge in [0.15, 0.2) is 5.82 Å². The van der Waals surface area contributed by atoms with Crippen LogP contribution in [0.1, 0.15) is 32.3 Å². The maximum absolute atomic E-state index is 14.8. The summed E-state index contributed by atoms with van der Waals surface area (Å²) in [5.41, 5.74) is 1.63. The van der Waals surface area contributed by atoms with Crippen molar-refractivity contribution in [2.45, 2.75) is 26.7 Å². The molecule has 0 bridgehead atoms. The Hall–Kier alpha value is -3.60. The zero-order chi connectivity index (χ0) is 20.9. The molecule has 0 saturated heterocycles. The molecule has 1 aromatic carbocycles. The number of hydrogen-bond acceptors (Lipinski definition) is 5. The van der Waals surface area contributed by atoms with Gasteiger partial charge >= 0.3 is 0 Å². The Bertz CT molecular complexity index is 1350. The van der Waals surface area contributed by atoms with Crippen LogP contribution in [0.15, 0.2) is 36.9 Å². The second-order valence-electron chi connectivity index (χ2n) is 7.70. The molecule has 0 N–H and O–H groups in total. The fourth-order valence-electron chi connectivity index (χ4n) is 3.44. The Morgan fingerprint density at radius 1 is 1.20 bits per heavy atom. The molecule has 6 nitrogen and oxygen atoms in total. The summed E-state index contributed by atoms with van der Waals surface area (Å²) >= 11 is 0. The third-order valence-electron chi connectivity index (χ3n) is 5.37. The van der Waals surface area contributed by atoms with Crippen LogP contribution in [0.2, 0.25) is 0 Å². The summed E-state index contributed by atoms with van der Waals surface area (Å²) in [6, 6.07) is 4.61. The van der Waals surface area contributed by atoms with Gasteiger partial charge in [0.25, 0.3) is 5.78 Å². The van der Waals surface area contributed by atoms with Crippen LogP contribution in [0.25, 0.3) is 16.7 Å². The Morgan fingerprint density at radius 2 is 2.03 bits per heavy atom. The number of nitrogens with zero attached hydrogens (tertiary/aromatic N) is 6. The van der Waals surface area contributed by atoms with E-state index in [1.165, 1.54) is 24.7 Å². The van der Waals surface area contributed by atoms with Crippen LogP contribution in [0.5, 0.6) is 0 Å². The van der Waals surface area contributed by atoms with Crippen molar-refractivity contribution in [1.29, 1.82) is 0 Å². The Morgan fingerprint density at radius 3 is 2.80 bits per heavy atom. The lowest BCUT2D eigenvalue weighted by atomic mass is 10.1. The molecule has 0 amide bonds. The predicted octanol–water partition coefficient (Wildman–Crippen LogP) is 4.26. The predicted molar refractivity (Wildman–Crippen MR) is 109 cm³/mol. The standard InChI is InChI=1S/C22H18F2N6/c1-3-29(16-9-14(8-15(23)10-16)4-5-22(2)6-7-22)20-19-17(24)11-25-12-18(19)30-13-26-28-21(30)27-20/h8-13H,3,6-7H2,1-2H3. The van der Waals surface area contributed by atoms with Crippen LogP contribution in [0.3, 0.4) is 0 Å². The van der Waals surface area contributed by atoms with Crippen LogP contribution < -0.4 is 4.90 Å². The summed E-state index contributed by atoms with van der Waals surface area (Å²) in [7, 11) is 0. The topological polar surface area (TPSA) is 59.2 Å². The first-order chi connectivity index (χ1) is 14.5. The highest BCUT2D eigenvalue weighted by Crippen LogP contribution is 2.44. The van der Waals surface area contributed by atoms with Gasteiger partial charge in [0, 0.05) is 23.2 Å². The van der Waals surface area contributed by atoms with Crippen LogP contribution in [-0.4, -0.2) is 31.1 Å². The van der Waals surface area contributed by atoms with Gasteiger partial charge in [-0.05, 0) is 44.9 Å². The molecular formula is C22H18F2N6. The maximum atomic E-state index is 14.8. The van der Waals surface area contributed by atoms with Crippen molar-refractivity contribution >= 4 is 28.2 Å². The van der Waals surface area contributed by atoms with Gasteiger partial charge in [-0.1, -0.05) is 11.8 Å². The van der Waals surface area contributed by atoms with Crippen molar-refractivity contribution < 1.29 is 8.78 Å². The summed E-state index contributed by atoms with van der Waals surface area (Å²) in [6.45, 7) is 4.42. The largest absolute Gasteiger partial charge is 0.326 e. The first kappa shape index (κ1) is 18.4. The number of rotatable bonds is 3. The number of aromatic nitrogens is 5. The van der Waals surface area contributed by atoms with E-state index in [0.29, 0.717) is 34.9 Å². The van der Waals surface area contributed by atoms with Crippen LogP contribution in [-0.2, 0) is 0 Å². The molecule has 1 aliphatic rings. The minimum absolute atomic E-state index is 0.0313. The average Bonchev–Trinajstić information content (AvgIpc) is 3.27. The van der Waals surface area contributed by atoms with E-state index in [-0.39, 0.29) is 10.8 Å². The fraction of sp³-hybridized carbons (Fsp3) is 0.273. The minimum atomic E-state index is -0.526. The van der Waals surface area contributed by atoms with E-state index < -0.39 is 11.6 Å². The zero-order valence-electron chi connectivity index (χ0n) is 16.5. The van der Waals surface area contributed by atoms with Crippen LogP contribution in [0, 0.1) is 28.9 Å². The lowest BCUT2D eigenvalue weighted by Crippen LogP contribution is -2.19. The highest BCUT2D eigenvalue weighted by Gasteiger charge is 2.35. The lowest BCUT2D eigenvalue weighted by molar-refractivity contribution is 0.627. The number of halogens is 2. The van der Waals surface area contributed by atoms with E-state index >= 15 is 0 Å². The van der Waals surface area contributed by atoms with Crippen LogP contribution >= 0.6 is 0 Å². The molecule has 0 spiro atoms. The number of hydrogen-bond donors (Lipinski definition) is 0. The molecule has 0 radical (unpaired) electrons. The number of benzene rings is 1. The second-order valence-corrected chi connectivity index (χ2v) is 7.70. The third kappa shape index (κ3) is 3.12. The van der Waals surface area contributed by atoms with E-state index in [0.717, 1.165) is 19.0 Å². The van der Waals surface area contributed by atoms with Crippen molar-refractivity contribution in [1.82, 2.24) is 24.6 Å². The van der Waals surface area contributed by atoms with Crippen molar-refractivity contribution in [2.24, 2.45) is 5.41 Å². The van der Waals surface area contributed by atoms with Crippen molar-refractivity contribution in [3.63, 3.8) is 0 Å². The van der Waals surface area contributed by atoms with E-state index in [1.807, 2.05) is 6.92 Å². The smallest absolute Gasteiger partial charge is 0.257 e. The van der Waals surface area contributed by atoms with Gasteiger partial charge in [0.1, 0.15) is 18.0 Å². The van der Waals surface area contributed by atoms with Crippen molar-refractivity contribution in [3.05, 3.63) is 54.1 Å². The molecule has 150 valence electrons. The number of fused-ring (bicyclic) bond motifs is 3. The Balaban J connectivity index is 1.70. The van der Waals surface area contributed by atoms with Crippen molar-refractivity contribution in [3.8, 4) is 11.8 Å². The lowest BCUT2D eigenvalue weighted by Gasteiger charge is -2.24. The third-order valence-corrected chi connectivity index (χ3v) is 5.37. The first-order valence-corrected chi connectivity index (χ1v) is 9.72. The number of pyridine rings is 1. The molecule has 1 saturated carbocycles. The zero-order valence-corrected chi connectivity index (χ0v) is 16.5. The molecule has 30 heavy (non-hydrogen) atoms. The van der Waals surface area contributed by atoms with E-state index in [1.54, 1.807) is 15.4 Å². The monoisotopic (exact) mass is 404 g/mol. The first-order valence-electron chi connectivity index (χ1n) is 9.72. The Labute approximate surface area is 171 Å². The second kappa shape index (κ2) is 6.73. The van der Waals surface area contributed by atoms with Crippen LogP contribution in [0.4, 0.5) is 20.3 Å². The summed E-state index contributed by atoms with van der Waals surface area (Å²) in [5.74, 6) is 6.00. The van der Waals surface area contributed by atoms with E-state index in [4.69, 9.17) is 0 Å². The molecule has 1 fully saturated rings. The van der Waals surface area contributed by atoms with Crippen molar-refractivity contribution in [2.75, 3.05) is 11.4 Å². The van der Waals surface area contributed by atoms with Gasteiger partial charge in [-0.25, -0.2) is 8.78 Å². The molecule has 0 unspecified atom stereocenters. The Kier molecular flexibility index (Phi) is 4.13. The average molecular weight is 404 g/mol. The summed E-state index contributed by atoms with van der Waals surface area (Å²) in [6.07, 6.45) is 6.25. The molecule has 1 aliphatic carbocycles. The van der Waals surface area contributed by atoms with E-state index in [2.05, 4.69) is 38.9 Å². The fourth-order valence-corrected chi connectivity index (χ4v) is 3.44. The van der Waals surface area contributed by atoms with Gasteiger partial charge in [0.05, 0.1) is 23.3 Å². The van der Waals surface area contributed by atoms with E-state index in [9.17, 15) is 8.78 Å². The summed E-state index contributed by atoms with van der Waals surface area (Å²) < 4.78 is 30.8. The van der Waals surface area contributed by atoms with Gasteiger partial charge in [-0.3, -0.25) is 9.38 Å². The summed E-state index contributed by atoms with van der Waals surface area (Å²) in [4.78, 5) is 10.2. The molecule has 5 rings (SSSR count). The van der Waals surface area contributed by atoms with Gasteiger partial charge in [-0.15, -0.1) is 10.2 Å². The highest BCUT2D eigenvalue weighted by atomic mass is 19.1. The molecule has 3 aromatic heterocycles. The minimum Gasteiger partial charge on any atom is -0.326 e. The quantitative estimate of drug-likeness (QED) is 0.478. The molecular weight excluding hydrogens is 386 g/mol.